The van der Waals surface area contributed by atoms with Crippen LogP contribution in [0.15, 0.2) is 45.7 Å². The molecule has 2 heterocycles. The van der Waals surface area contributed by atoms with Gasteiger partial charge in [0.15, 0.2) is 5.78 Å². The van der Waals surface area contributed by atoms with Crippen LogP contribution in [0, 0.1) is 0 Å². The van der Waals surface area contributed by atoms with Crippen LogP contribution >= 0.6 is 24.0 Å². The van der Waals surface area contributed by atoms with Crippen molar-refractivity contribution in [3.63, 3.8) is 0 Å². The van der Waals surface area contributed by atoms with E-state index in [9.17, 15) is 9.90 Å². The fourth-order valence-corrected chi connectivity index (χ4v) is 3.09. The van der Waals surface area contributed by atoms with Gasteiger partial charge in [-0.25, -0.2) is 0 Å². The van der Waals surface area contributed by atoms with Crippen LogP contribution in [0.1, 0.15) is 12.2 Å². The predicted molar refractivity (Wildman–Crippen MR) is 83.6 cm³/mol. The number of carbonyl (C=O) groups excluding carboxylic acids is 1. The van der Waals surface area contributed by atoms with Crippen molar-refractivity contribution in [3.05, 3.63) is 47.1 Å². The van der Waals surface area contributed by atoms with Gasteiger partial charge in [0.2, 0.25) is 0 Å². The Bertz CT molecular complexity index is 711. The summed E-state index contributed by atoms with van der Waals surface area (Å²) < 4.78 is 6.39. The van der Waals surface area contributed by atoms with Gasteiger partial charge in [-0.3, -0.25) is 4.79 Å². The average Bonchev–Trinajstić information content (AvgIpc) is 2.98. The van der Waals surface area contributed by atoms with E-state index in [0.717, 1.165) is 5.56 Å². The lowest BCUT2D eigenvalue weighted by Crippen LogP contribution is -1.90. The Morgan fingerprint density at radius 1 is 1.20 bits per heavy atom. The van der Waals surface area contributed by atoms with Crippen molar-refractivity contribution in [2.24, 2.45) is 0 Å². The predicted octanol–water partition coefficient (Wildman–Crippen LogP) is 4.03. The number of furan rings is 1. The van der Waals surface area contributed by atoms with Crippen molar-refractivity contribution in [3.8, 4) is 17.1 Å². The largest absolute Gasteiger partial charge is 0.508 e. The Morgan fingerprint density at radius 2 is 1.95 bits per heavy atom. The highest BCUT2D eigenvalue weighted by Gasteiger charge is 2.23. The van der Waals surface area contributed by atoms with E-state index >= 15 is 0 Å². The van der Waals surface area contributed by atoms with Gasteiger partial charge in [-0.15, -0.1) is 0 Å². The summed E-state index contributed by atoms with van der Waals surface area (Å²) in [5.74, 6) is 1.56. The second-order valence-electron chi connectivity index (χ2n) is 4.33. The molecular formula is C15H10O3S2. The van der Waals surface area contributed by atoms with Gasteiger partial charge >= 0.3 is 0 Å². The molecule has 0 atom stereocenters. The summed E-state index contributed by atoms with van der Waals surface area (Å²) in [6.45, 7) is 0. The van der Waals surface area contributed by atoms with Crippen LogP contribution in [-0.2, 0) is 4.79 Å². The van der Waals surface area contributed by atoms with Crippen molar-refractivity contribution in [1.82, 2.24) is 0 Å². The molecule has 0 saturated carbocycles. The lowest BCUT2D eigenvalue weighted by molar-refractivity contribution is -0.113. The fourth-order valence-electron chi connectivity index (χ4n) is 1.88. The number of phenols is 1. The number of thioether (sulfide) groups is 1. The van der Waals surface area contributed by atoms with E-state index in [1.807, 2.05) is 12.1 Å². The van der Waals surface area contributed by atoms with E-state index in [-0.39, 0.29) is 11.5 Å². The monoisotopic (exact) mass is 302 g/mol. The third kappa shape index (κ3) is 2.69. The van der Waals surface area contributed by atoms with E-state index in [0.29, 0.717) is 27.0 Å². The molecule has 0 unspecified atom stereocenters. The first-order valence-corrected chi connectivity index (χ1v) is 7.19. The topological polar surface area (TPSA) is 50.4 Å². The number of hydrogen-bond donors (Lipinski definition) is 1. The highest BCUT2D eigenvalue weighted by atomic mass is 32.2. The van der Waals surface area contributed by atoms with Gasteiger partial charge < -0.3 is 9.52 Å². The van der Waals surface area contributed by atoms with Gasteiger partial charge in [0, 0.05) is 5.56 Å². The molecule has 2 aromatic rings. The van der Waals surface area contributed by atoms with Gasteiger partial charge in [-0.1, -0.05) is 24.0 Å². The van der Waals surface area contributed by atoms with E-state index < -0.39 is 0 Å². The van der Waals surface area contributed by atoms with Crippen LogP contribution in [0.25, 0.3) is 17.4 Å². The maximum Gasteiger partial charge on any atom is 0.175 e. The Balaban J connectivity index is 1.87. The molecule has 1 saturated heterocycles. The molecule has 1 fully saturated rings. The van der Waals surface area contributed by atoms with Crippen LogP contribution in [-0.4, -0.2) is 15.1 Å². The molecular weight excluding hydrogens is 292 g/mol. The molecule has 0 amide bonds. The Hall–Kier alpha value is -1.85. The van der Waals surface area contributed by atoms with Gasteiger partial charge in [-0.2, -0.15) is 0 Å². The summed E-state index contributed by atoms with van der Waals surface area (Å²) in [5, 5.41) is 9.26. The Morgan fingerprint density at radius 3 is 2.60 bits per heavy atom. The van der Waals surface area contributed by atoms with Crippen molar-refractivity contribution in [2.75, 3.05) is 0 Å². The smallest absolute Gasteiger partial charge is 0.175 e. The minimum Gasteiger partial charge on any atom is -0.508 e. The number of aromatic hydroxyl groups is 1. The summed E-state index contributed by atoms with van der Waals surface area (Å²) in [6, 6.07) is 10.4. The number of benzene rings is 1. The van der Waals surface area contributed by atoms with E-state index in [1.54, 1.807) is 30.3 Å². The van der Waals surface area contributed by atoms with Crippen molar-refractivity contribution in [1.29, 1.82) is 0 Å². The molecule has 1 aliphatic heterocycles. The molecule has 3 nitrogen and oxygen atoms in total. The molecule has 1 N–H and O–H groups in total. The van der Waals surface area contributed by atoms with Gasteiger partial charge in [0.25, 0.3) is 0 Å². The highest BCUT2D eigenvalue weighted by Crippen LogP contribution is 2.33. The third-order valence-electron chi connectivity index (χ3n) is 2.86. The summed E-state index contributed by atoms with van der Waals surface area (Å²) in [7, 11) is 0. The van der Waals surface area contributed by atoms with Crippen molar-refractivity contribution < 1.29 is 14.3 Å². The third-order valence-corrected chi connectivity index (χ3v) is 4.19. The SMILES string of the molecule is O=C1CC(=S)S/C1=C\c1ccc(-c2ccc(O)cc2)o1. The van der Waals surface area contributed by atoms with E-state index in [2.05, 4.69) is 0 Å². The van der Waals surface area contributed by atoms with Crippen molar-refractivity contribution >= 4 is 40.0 Å². The quantitative estimate of drug-likeness (QED) is 0.670. The lowest BCUT2D eigenvalue weighted by atomic mass is 10.2. The molecule has 0 aliphatic carbocycles. The zero-order chi connectivity index (χ0) is 14.1. The molecule has 1 aromatic carbocycles. The average molecular weight is 302 g/mol. The number of rotatable bonds is 2. The first kappa shape index (κ1) is 13.1. The van der Waals surface area contributed by atoms with Crippen LogP contribution in [0.5, 0.6) is 5.75 Å². The maximum atomic E-state index is 11.7. The van der Waals surface area contributed by atoms with Crippen LogP contribution < -0.4 is 0 Å². The number of thiocarbonyl (C=S) groups is 1. The number of Topliss-reactive ketones (excluding diaryl/α,β-unsaturated/α-hetero) is 1. The van der Waals surface area contributed by atoms with Crippen molar-refractivity contribution in [2.45, 2.75) is 6.42 Å². The normalized spacial score (nSPS) is 17.1. The van der Waals surface area contributed by atoms with Gasteiger partial charge in [-0.05, 0) is 42.5 Å². The molecule has 100 valence electrons. The number of hydrogen-bond acceptors (Lipinski definition) is 5. The Kier molecular flexibility index (Phi) is 3.46. The second-order valence-corrected chi connectivity index (χ2v) is 6.22. The van der Waals surface area contributed by atoms with Crippen LogP contribution in [0.2, 0.25) is 0 Å². The number of carbonyl (C=O) groups is 1. The minimum atomic E-state index is 0.0441. The standard InChI is InChI=1S/C15H10O3S2/c16-10-3-1-9(2-4-10)13-6-5-11(18-13)7-14-12(17)8-15(19)20-14/h1-7,16H,8H2/b14-7-. The number of phenolic OH excluding ortho intramolecular Hbond substituents is 1. The molecule has 0 spiro atoms. The van der Waals surface area contributed by atoms with Crippen LogP contribution in [0.4, 0.5) is 0 Å². The second kappa shape index (κ2) is 5.26. The van der Waals surface area contributed by atoms with Crippen LogP contribution in [0.3, 0.4) is 0 Å². The zero-order valence-electron chi connectivity index (χ0n) is 10.3. The van der Waals surface area contributed by atoms with Gasteiger partial charge in [0.1, 0.15) is 17.3 Å². The molecule has 20 heavy (non-hydrogen) atoms. The summed E-state index contributed by atoms with van der Waals surface area (Å²) in [5.41, 5.74) is 0.869. The molecule has 3 rings (SSSR count). The highest BCUT2D eigenvalue weighted by molar-refractivity contribution is 8.27. The van der Waals surface area contributed by atoms with E-state index in [4.69, 9.17) is 16.6 Å². The lowest BCUT2D eigenvalue weighted by Gasteiger charge is -1.97. The summed E-state index contributed by atoms with van der Waals surface area (Å²) in [6.07, 6.45) is 2.05. The van der Waals surface area contributed by atoms with Gasteiger partial charge in [0.05, 0.1) is 15.5 Å². The van der Waals surface area contributed by atoms with E-state index in [1.165, 1.54) is 11.8 Å². The molecule has 1 aliphatic rings. The first-order chi connectivity index (χ1) is 9.61. The molecule has 0 radical (unpaired) electrons. The summed E-state index contributed by atoms with van der Waals surface area (Å²) in [4.78, 5) is 12.3. The zero-order valence-corrected chi connectivity index (χ0v) is 12.0. The summed E-state index contributed by atoms with van der Waals surface area (Å²) >= 11 is 6.36. The minimum absolute atomic E-state index is 0.0441. The fraction of sp³-hybridized carbons (Fsp3) is 0.0667. The number of ketones is 1. The maximum absolute atomic E-state index is 11.7. The Labute approximate surface area is 125 Å². The first-order valence-electron chi connectivity index (χ1n) is 5.96. The number of allylic oxidation sites excluding steroid dienone is 1. The molecule has 1 aromatic heterocycles. The molecule has 5 heteroatoms. The molecule has 0 bridgehead atoms.